The number of methoxy groups -OCH3 is 2. The molecule has 0 bridgehead atoms. The second-order valence-corrected chi connectivity index (χ2v) is 8.23. The number of ether oxygens (including phenoxy) is 2. The zero-order chi connectivity index (χ0) is 25.4. The average molecular weight is 484 g/mol. The lowest BCUT2D eigenvalue weighted by molar-refractivity contribution is -0.150. The van der Waals surface area contributed by atoms with Crippen molar-refractivity contribution >= 4 is 23.9 Å². The molecule has 0 saturated carbocycles. The minimum Gasteiger partial charge on any atom is -0.469 e. The van der Waals surface area contributed by atoms with Crippen LogP contribution in [0.3, 0.4) is 0 Å². The molecule has 0 fully saturated rings. The number of hydrogen-bond acceptors (Lipinski definition) is 6. The van der Waals surface area contributed by atoms with Gasteiger partial charge in [-0.3, -0.25) is 9.59 Å². The standard InChI is InChI=1S/C25H45N3O6/c1-4-5-15-18-26-25(32)27-19-16-13-11-9-7-6-8-10-12-14-17-22(29)28-21(24(31)34-3)20-23(30)33-2/h7,9,21H,4-6,8,10-20H2,1-3H3,(H,28,29)(H2,26,27,32)/b9-7-. The molecule has 0 aromatic carbocycles. The quantitative estimate of drug-likeness (QED) is 0.138. The predicted octanol–water partition coefficient (Wildman–Crippen LogP) is 3.76. The van der Waals surface area contributed by atoms with E-state index in [2.05, 4.69) is 44.5 Å². The normalized spacial score (nSPS) is 11.6. The Labute approximate surface area is 204 Å². The molecule has 0 saturated heterocycles. The zero-order valence-corrected chi connectivity index (χ0v) is 21.3. The van der Waals surface area contributed by atoms with Crippen molar-refractivity contribution in [3.05, 3.63) is 12.2 Å². The van der Waals surface area contributed by atoms with Crippen LogP contribution < -0.4 is 16.0 Å². The van der Waals surface area contributed by atoms with Gasteiger partial charge in [-0.1, -0.05) is 44.8 Å². The van der Waals surface area contributed by atoms with Gasteiger partial charge in [0, 0.05) is 19.5 Å². The molecular weight excluding hydrogens is 438 g/mol. The fourth-order valence-corrected chi connectivity index (χ4v) is 3.22. The Hall–Kier alpha value is -2.58. The van der Waals surface area contributed by atoms with Crippen LogP contribution in [0.2, 0.25) is 0 Å². The Bertz CT molecular complexity index is 609. The van der Waals surface area contributed by atoms with Gasteiger partial charge >= 0.3 is 18.0 Å². The van der Waals surface area contributed by atoms with Crippen LogP contribution in [0, 0.1) is 0 Å². The molecular formula is C25H45N3O6. The van der Waals surface area contributed by atoms with Gasteiger partial charge in [-0.15, -0.1) is 0 Å². The van der Waals surface area contributed by atoms with Crippen LogP contribution in [0.4, 0.5) is 4.79 Å². The Morgan fingerprint density at radius 3 is 1.94 bits per heavy atom. The first kappa shape index (κ1) is 31.4. The van der Waals surface area contributed by atoms with Crippen molar-refractivity contribution in [2.24, 2.45) is 0 Å². The molecule has 0 aromatic heterocycles. The van der Waals surface area contributed by atoms with E-state index in [4.69, 9.17) is 0 Å². The fraction of sp³-hybridized carbons (Fsp3) is 0.760. The SMILES string of the molecule is CCCCCNC(=O)NCCCC/C=C\CCCCCCC(=O)NC(CC(=O)OC)C(=O)OC. The van der Waals surface area contributed by atoms with E-state index in [9.17, 15) is 19.2 Å². The summed E-state index contributed by atoms with van der Waals surface area (Å²) in [5.74, 6) is -1.52. The summed E-state index contributed by atoms with van der Waals surface area (Å²) in [7, 11) is 2.44. The van der Waals surface area contributed by atoms with Crippen LogP contribution in [0.1, 0.15) is 90.4 Å². The van der Waals surface area contributed by atoms with E-state index in [-0.39, 0.29) is 18.4 Å². The van der Waals surface area contributed by atoms with E-state index >= 15 is 0 Å². The molecule has 9 nitrogen and oxygen atoms in total. The minimum atomic E-state index is -1.02. The molecule has 0 rings (SSSR count). The van der Waals surface area contributed by atoms with Gasteiger partial charge < -0.3 is 25.4 Å². The topological polar surface area (TPSA) is 123 Å². The number of esters is 2. The Kier molecular flexibility index (Phi) is 20.5. The Morgan fingerprint density at radius 2 is 1.35 bits per heavy atom. The van der Waals surface area contributed by atoms with Gasteiger partial charge in [-0.05, 0) is 44.9 Å². The summed E-state index contributed by atoms with van der Waals surface area (Å²) < 4.78 is 9.16. The molecule has 0 heterocycles. The van der Waals surface area contributed by atoms with Crippen LogP contribution in [0.15, 0.2) is 12.2 Å². The molecule has 3 amide bonds. The highest BCUT2D eigenvalue weighted by Crippen LogP contribution is 2.08. The number of allylic oxidation sites excluding steroid dienone is 2. The predicted molar refractivity (Wildman–Crippen MR) is 132 cm³/mol. The largest absolute Gasteiger partial charge is 0.469 e. The van der Waals surface area contributed by atoms with Crippen LogP contribution in [0.25, 0.3) is 0 Å². The number of unbranched alkanes of at least 4 members (excludes halogenated alkanes) is 8. The van der Waals surface area contributed by atoms with Crippen molar-refractivity contribution in [3.63, 3.8) is 0 Å². The number of urea groups is 1. The highest BCUT2D eigenvalue weighted by Gasteiger charge is 2.24. The van der Waals surface area contributed by atoms with Crippen molar-refractivity contribution in [2.75, 3.05) is 27.3 Å². The molecule has 9 heteroatoms. The number of hydrogen-bond donors (Lipinski definition) is 3. The number of carbonyl (C=O) groups is 4. The maximum atomic E-state index is 12.0. The van der Waals surface area contributed by atoms with E-state index in [1.54, 1.807) is 0 Å². The molecule has 1 atom stereocenters. The molecule has 3 N–H and O–H groups in total. The molecule has 0 aliphatic rings. The van der Waals surface area contributed by atoms with E-state index in [0.29, 0.717) is 13.0 Å². The lowest BCUT2D eigenvalue weighted by Gasteiger charge is -2.15. The number of rotatable bonds is 20. The minimum absolute atomic E-state index is 0.0754. The Balaban J connectivity index is 3.66. The molecule has 0 aliphatic carbocycles. The van der Waals surface area contributed by atoms with Gasteiger partial charge in [-0.2, -0.15) is 0 Å². The third-order valence-corrected chi connectivity index (χ3v) is 5.26. The molecule has 0 spiro atoms. The van der Waals surface area contributed by atoms with Gasteiger partial charge in [0.1, 0.15) is 6.04 Å². The van der Waals surface area contributed by atoms with Crippen molar-refractivity contribution in [3.8, 4) is 0 Å². The molecule has 0 aromatic rings. The first-order chi connectivity index (χ1) is 16.4. The van der Waals surface area contributed by atoms with E-state index in [1.165, 1.54) is 14.2 Å². The van der Waals surface area contributed by atoms with Crippen LogP contribution in [-0.2, 0) is 23.9 Å². The lowest BCUT2D eigenvalue weighted by Crippen LogP contribution is -2.43. The lowest BCUT2D eigenvalue weighted by atomic mass is 10.1. The second kappa shape index (κ2) is 22.2. The fourth-order valence-electron chi connectivity index (χ4n) is 3.22. The summed E-state index contributed by atoms with van der Waals surface area (Å²) >= 11 is 0. The molecule has 0 radical (unpaired) electrons. The molecule has 1 unspecified atom stereocenters. The number of carbonyl (C=O) groups excluding carboxylic acids is 4. The second-order valence-electron chi connectivity index (χ2n) is 8.23. The maximum Gasteiger partial charge on any atom is 0.328 e. The van der Waals surface area contributed by atoms with Gasteiger partial charge in [0.15, 0.2) is 0 Å². The number of nitrogens with one attached hydrogen (secondary N) is 3. The average Bonchev–Trinajstić information content (AvgIpc) is 2.83. The van der Waals surface area contributed by atoms with Crippen LogP contribution in [-0.4, -0.2) is 57.2 Å². The first-order valence-corrected chi connectivity index (χ1v) is 12.5. The first-order valence-electron chi connectivity index (χ1n) is 12.5. The van der Waals surface area contributed by atoms with Crippen LogP contribution in [0.5, 0.6) is 0 Å². The zero-order valence-electron chi connectivity index (χ0n) is 21.3. The monoisotopic (exact) mass is 483 g/mol. The van der Waals surface area contributed by atoms with E-state index < -0.39 is 18.0 Å². The van der Waals surface area contributed by atoms with Gasteiger partial charge in [-0.25, -0.2) is 9.59 Å². The summed E-state index contributed by atoms with van der Waals surface area (Å²) in [5.41, 5.74) is 0. The summed E-state index contributed by atoms with van der Waals surface area (Å²) in [5, 5.41) is 8.29. The maximum absolute atomic E-state index is 12.0. The van der Waals surface area contributed by atoms with Crippen molar-refractivity contribution < 1.29 is 28.7 Å². The van der Waals surface area contributed by atoms with Crippen molar-refractivity contribution in [1.29, 1.82) is 0 Å². The molecule has 196 valence electrons. The molecule has 0 aliphatic heterocycles. The summed E-state index contributed by atoms with van der Waals surface area (Å²) in [4.78, 5) is 46.6. The van der Waals surface area contributed by atoms with Gasteiger partial charge in [0.2, 0.25) is 5.91 Å². The van der Waals surface area contributed by atoms with Crippen LogP contribution >= 0.6 is 0 Å². The summed E-state index contributed by atoms with van der Waals surface area (Å²) in [6.45, 7) is 3.58. The van der Waals surface area contributed by atoms with Gasteiger partial charge in [0.25, 0.3) is 0 Å². The summed E-state index contributed by atoms with van der Waals surface area (Å²) in [6, 6.07) is -1.09. The highest BCUT2D eigenvalue weighted by molar-refractivity contribution is 5.88. The molecule has 34 heavy (non-hydrogen) atoms. The van der Waals surface area contributed by atoms with Crippen molar-refractivity contribution in [1.82, 2.24) is 16.0 Å². The summed E-state index contributed by atoms with van der Waals surface area (Å²) in [6.07, 6.45) is 15.5. The highest BCUT2D eigenvalue weighted by atomic mass is 16.5. The number of amides is 3. The third kappa shape index (κ3) is 18.9. The van der Waals surface area contributed by atoms with E-state index in [1.807, 2.05) is 0 Å². The van der Waals surface area contributed by atoms with E-state index in [0.717, 1.165) is 77.2 Å². The third-order valence-electron chi connectivity index (χ3n) is 5.26. The van der Waals surface area contributed by atoms with Crippen molar-refractivity contribution in [2.45, 2.75) is 96.4 Å². The smallest absolute Gasteiger partial charge is 0.328 e. The van der Waals surface area contributed by atoms with Gasteiger partial charge in [0.05, 0.1) is 20.6 Å². The Morgan fingerprint density at radius 1 is 0.765 bits per heavy atom.